The first-order chi connectivity index (χ1) is 12.6. The van der Waals surface area contributed by atoms with Crippen LogP contribution in [0.15, 0.2) is 24.3 Å². The Labute approximate surface area is 167 Å². The van der Waals surface area contributed by atoms with Crippen molar-refractivity contribution in [3.8, 4) is 5.75 Å². The maximum atomic E-state index is 12.5. The Bertz CT molecular complexity index is 647. The van der Waals surface area contributed by atoms with Gasteiger partial charge < -0.3 is 20.7 Å². The van der Waals surface area contributed by atoms with Crippen LogP contribution in [0.4, 0.5) is 5.69 Å². The summed E-state index contributed by atoms with van der Waals surface area (Å²) in [6, 6.07) is 7.57. The number of nitrogens with one attached hydrogen (secondary N) is 1. The van der Waals surface area contributed by atoms with Crippen LogP contribution >= 0.6 is 12.4 Å². The van der Waals surface area contributed by atoms with E-state index in [1.54, 1.807) is 7.11 Å². The number of amides is 2. The number of carbonyl (C=O) groups is 2. The molecule has 0 aromatic heterocycles. The first-order valence-electron chi connectivity index (χ1n) is 9.55. The second kappa shape index (κ2) is 9.95. The lowest BCUT2D eigenvalue weighted by Gasteiger charge is -2.32. The van der Waals surface area contributed by atoms with Crippen LogP contribution in [0, 0.1) is 11.8 Å². The highest BCUT2D eigenvalue weighted by Crippen LogP contribution is 2.29. The monoisotopic (exact) mass is 395 g/mol. The molecule has 1 aliphatic heterocycles. The number of benzene rings is 1. The van der Waals surface area contributed by atoms with E-state index < -0.39 is 0 Å². The lowest BCUT2D eigenvalue weighted by molar-refractivity contribution is -0.135. The number of methoxy groups -OCH3 is 1. The number of para-hydroxylation sites is 2. The SMILES string of the molecule is COc1ccccc1NC(=O)C1CCN(C(=O)C[C@@H]2CCC[C@H]2N)CC1.Cl. The molecule has 1 aromatic rings. The summed E-state index contributed by atoms with van der Waals surface area (Å²) in [7, 11) is 1.59. The van der Waals surface area contributed by atoms with Crippen molar-refractivity contribution < 1.29 is 14.3 Å². The summed E-state index contributed by atoms with van der Waals surface area (Å²) in [5.74, 6) is 1.10. The van der Waals surface area contributed by atoms with Gasteiger partial charge in [0.25, 0.3) is 0 Å². The fourth-order valence-corrected chi connectivity index (χ4v) is 4.05. The molecule has 1 aliphatic carbocycles. The molecule has 150 valence electrons. The maximum Gasteiger partial charge on any atom is 0.227 e. The second-order valence-corrected chi connectivity index (χ2v) is 7.40. The number of hydrogen-bond acceptors (Lipinski definition) is 4. The predicted molar refractivity (Wildman–Crippen MR) is 108 cm³/mol. The Morgan fingerprint density at radius 3 is 2.52 bits per heavy atom. The van der Waals surface area contributed by atoms with Crippen LogP contribution in [0.5, 0.6) is 5.75 Å². The average molecular weight is 396 g/mol. The number of piperidine rings is 1. The van der Waals surface area contributed by atoms with Crippen LogP contribution in [0.1, 0.15) is 38.5 Å². The van der Waals surface area contributed by atoms with Crippen LogP contribution in [0.25, 0.3) is 0 Å². The van der Waals surface area contributed by atoms with E-state index in [2.05, 4.69) is 5.32 Å². The van der Waals surface area contributed by atoms with E-state index in [9.17, 15) is 9.59 Å². The number of nitrogens with zero attached hydrogens (tertiary/aromatic N) is 1. The van der Waals surface area contributed by atoms with Crippen molar-refractivity contribution in [1.82, 2.24) is 4.90 Å². The molecule has 2 atom stereocenters. The smallest absolute Gasteiger partial charge is 0.227 e. The summed E-state index contributed by atoms with van der Waals surface area (Å²) in [6.07, 6.45) is 5.17. The molecular weight excluding hydrogens is 366 g/mol. The molecule has 27 heavy (non-hydrogen) atoms. The van der Waals surface area contributed by atoms with E-state index >= 15 is 0 Å². The summed E-state index contributed by atoms with van der Waals surface area (Å²) >= 11 is 0. The Kier molecular flexibility index (Phi) is 7.92. The third-order valence-corrected chi connectivity index (χ3v) is 5.74. The van der Waals surface area contributed by atoms with Gasteiger partial charge in [0.1, 0.15) is 5.75 Å². The van der Waals surface area contributed by atoms with Gasteiger partial charge >= 0.3 is 0 Å². The molecule has 1 saturated heterocycles. The first-order valence-corrected chi connectivity index (χ1v) is 9.55. The number of hydrogen-bond donors (Lipinski definition) is 2. The summed E-state index contributed by atoms with van der Waals surface area (Å²) in [5.41, 5.74) is 6.77. The maximum absolute atomic E-state index is 12.5. The average Bonchev–Trinajstić information content (AvgIpc) is 3.07. The number of halogens is 1. The van der Waals surface area contributed by atoms with Crippen LogP contribution in [0.3, 0.4) is 0 Å². The summed E-state index contributed by atoms with van der Waals surface area (Å²) in [6.45, 7) is 1.29. The van der Waals surface area contributed by atoms with Gasteiger partial charge in [-0.3, -0.25) is 9.59 Å². The highest BCUT2D eigenvalue weighted by atomic mass is 35.5. The molecule has 0 radical (unpaired) electrons. The quantitative estimate of drug-likeness (QED) is 0.802. The van der Waals surface area contributed by atoms with Gasteiger partial charge in [-0.05, 0) is 43.7 Å². The van der Waals surface area contributed by atoms with Crippen molar-refractivity contribution in [3.05, 3.63) is 24.3 Å². The third kappa shape index (κ3) is 5.36. The molecule has 2 amide bonds. The predicted octanol–water partition coefficient (Wildman–Crippen LogP) is 2.81. The number of rotatable bonds is 5. The van der Waals surface area contributed by atoms with Crippen LogP contribution in [0.2, 0.25) is 0 Å². The fraction of sp³-hybridized carbons (Fsp3) is 0.600. The Morgan fingerprint density at radius 1 is 1.19 bits per heavy atom. The molecule has 7 heteroatoms. The van der Waals surface area contributed by atoms with Crippen molar-refractivity contribution in [1.29, 1.82) is 0 Å². The topological polar surface area (TPSA) is 84.7 Å². The van der Waals surface area contributed by atoms with Crippen molar-refractivity contribution in [3.63, 3.8) is 0 Å². The van der Waals surface area contributed by atoms with Crippen molar-refractivity contribution in [2.45, 2.75) is 44.6 Å². The van der Waals surface area contributed by atoms with Gasteiger partial charge in [-0.1, -0.05) is 18.6 Å². The number of anilines is 1. The van der Waals surface area contributed by atoms with Gasteiger partial charge in [-0.2, -0.15) is 0 Å². The highest BCUT2D eigenvalue weighted by Gasteiger charge is 2.31. The molecule has 0 unspecified atom stereocenters. The Balaban J connectivity index is 0.00000261. The fourth-order valence-electron chi connectivity index (χ4n) is 4.05. The zero-order valence-electron chi connectivity index (χ0n) is 15.9. The van der Waals surface area contributed by atoms with Crippen molar-refractivity contribution >= 4 is 29.9 Å². The van der Waals surface area contributed by atoms with Crippen LogP contribution < -0.4 is 15.8 Å². The minimum absolute atomic E-state index is 0. The summed E-state index contributed by atoms with van der Waals surface area (Å²) < 4.78 is 5.28. The van der Waals surface area contributed by atoms with E-state index in [0.717, 1.165) is 19.3 Å². The minimum atomic E-state index is -0.0716. The largest absolute Gasteiger partial charge is 0.495 e. The lowest BCUT2D eigenvalue weighted by Crippen LogP contribution is -2.42. The van der Waals surface area contributed by atoms with E-state index in [1.807, 2.05) is 29.2 Å². The van der Waals surface area contributed by atoms with Gasteiger partial charge in [-0.15, -0.1) is 12.4 Å². The third-order valence-electron chi connectivity index (χ3n) is 5.74. The van der Waals surface area contributed by atoms with E-state index in [4.69, 9.17) is 10.5 Å². The van der Waals surface area contributed by atoms with Gasteiger partial charge in [0.2, 0.25) is 11.8 Å². The highest BCUT2D eigenvalue weighted by molar-refractivity contribution is 5.94. The molecule has 3 rings (SSSR count). The van der Waals surface area contributed by atoms with Gasteiger partial charge in [0.05, 0.1) is 12.8 Å². The molecule has 1 heterocycles. The van der Waals surface area contributed by atoms with Gasteiger partial charge in [0, 0.05) is 31.5 Å². The second-order valence-electron chi connectivity index (χ2n) is 7.40. The first kappa shape index (κ1) is 21.5. The number of carbonyl (C=O) groups excluding carboxylic acids is 2. The van der Waals surface area contributed by atoms with Gasteiger partial charge in [-0.25, -0.2) is 0 Å². The molecule has 2 fully saturated rings. The van der Waals surface area contributed by atoms with Gasteiger partial charge in [0.15, 0.2) is 0 Å². The normalized spacial score (nSPS) is 22.8. The van der Waals surface area contributed by atoms with Crippen molar-refractivity contribution in [2.75, 3.05) is 25.5 Å². The lowest BCUT2D eigenvalue weighted by atomic mass is 9.94. The molecule has 1 aromatic carbocycles. The molecule has 0 bridgehead atoms. The number of ether oxygens (including phenoxy) is 1. The van der Waals surface area contributed by atoms with Crippen LogP contribution in [-0.4, -0.2) is 43.0 Å². The zero-order valence-corrected chi connectivity index (χ0v) is 16.7. The minimum Gasteiger partial charge on any atom is -0.495 e. The number of nitrogens with two attached hydrogens (primary N) is 1. The summed E-state index contributed by atoms with van der Waals surface area (Å²) in [4.78, 5) is 27.0. The van der Waals surface area contributed by atoms with E-state index in [0.29, 0.717) is 49.7 Å². The molecule has 0 spiro atoms. The van der Waals surface area contributed by atoms with Crippen LogP contribution in [-0.2, 0) is 9.59 Å². The Hall–Kier alpha value is -1.79. The van der Waals surface area contributed by atoms with Crippen molar-refractivity contribution in [2.24, 2.45) is 17.6 Å². The van der Waals surface area contributed by atoms with E-state index in [-0.39, 0.29) is 36.2 Å². The molecule has 3 N–H and O–H groups in total. The Morgan fingerprint density at radius 2 is 1.89 bits per heavy atom. The van der Waals surface area contributed by atoms with E-state index in [1.165, 1.54) is 0 Å². The zero-order chi connectivity index (χ0) is 18.5. The molecular formula is C20H30ClN3O3. The molecule has 6 nitrogen and oxygen atoms in total. The molecule has 1 saturated carbocycles. The number of likely N-dealkylation sites (tertiary alicyclic amines) is 1. The summed E-state index contributed by atoms with van der Waals surface area (Å²) in [5, 5.41) is 2.96. The standard InChI is InChI=1S/C20H29N3O3.ClH/c1-26-18-8-3-2-7-17(18)22-20(25)14-9-11-23(12-10-14)19(24)13-15-5-4-6-16(15)21;/h2-3,7-8,14-16H,4-6,9-13,21H2,1H3,(H,22,25);1H/t15-,16+;/m0./s1. The molecule has 2 aliphatic rings.